The third-order valence-corrected chi connectivity index (χ3v) is 10.6. The molecule has 1 saturated carbocycles. The van der Waals surface area contributed by atoms with E-state index in [1.165, 1.54) is 19.2 Å². The first kappa shape index (κ1) is 38.1. The number of amides is 2. The molecule has 1 fully saturated rings. The zero-order valence-corrected chi connectivity index (χ0v) is 29.2. The van der Waals surface area contributed by atoms with Crippen LogP contribution in [0.4, 0.5) is 0 Å². The van der Waals surface area contributed by atoms with Crippen LogP contribution in [0.3, 0.4) is 0 Å². The molecule has 0 bridgehead atoms. The summed E-state index contributed by atoms with van der Waals surface area (Å²) < 4.78 is 11.9. The standard InChI is InChI=1S/C36H49N5O10/c1-17-13-19(14-22(37)31(17)44)51-24-16-36(49,18(2)40-41-26(43)12-7-5-4-6-11-25(42)39-38)15-21-28(24)35(48)30-29(33(21)46)32(45)20-9-8-10-23(50-3)27(20)34(30)47/h8-10,17-19,22,24,31,40,44,46,48-49H,4-7,11-16,37-38H2,1-3H3,(H,39,42)(H,41,43)/t17?,18?,19?,22?,24?,31?,36-/m0/s1. The summed E-state index contributed by atoms with van der Waals surface area (Å²) in [7, 11) is 1.36. The highest BCUT2D eigenvalue weighted by Crippen LogP contribution is 2.53. The quantitative estimate of drug-likeness (QED) is 0.0401. The second kappa shape index (κ2) is 15.6. The molecule has 0 spiro atoms. The summed E-state index contributed by atoms with van der Waals surface area (Å²) in [4.78, 5) is 51.7. The zero-order chi connectivity index (χ0) is 37.2. The Labute approximate surface area is 296 Å². The molecule has 51 heavy (non-hydrogen) atoms. The van der Waals surface area contributed by atoms with Crippen molar-refractivity contribution in [3.05, 3.63) is 51.6 Å². The fourth-order valence-electron chi connectivity index (χ4n) is 7.63. The number of unbranched alkanes of at least 4 members (excludes halogenated alkanes) is 3. The molecule has 15 heteroatoms. The summed E-state index contributed by atoms with van der Waals surface area (Å²) in [6.07, 6.45) is 1.19. The van der Waals surface area contributed by atoms with Crippen molar-refractivity contribution >= 4 is 23.4 Å². The maximum Gasteiger partial charge on any atom is 0.234 e. The smallest absolute Gasteiger partial charge is 0.234 e. The molecule has 2 aromatic rings. The van der Waals surface area contributed by atoms with Crippen LogP contribution in [0.15, 0.2) is 18.2 Å². The van der Waals surface area contributed by atoms with Crippen LogP contribution < -0.4 is 32.6 Å². The number of rotatable bonds is 13. The molecule has 0 aliphatic heterocycles. The van der Waals surface area contributed by atoms with E-state index in [0.29, 0.717) is 25.7 Å². The molecule has 0 saturated heterocycles. The van der Waals surface area contributed by atoms with Gasteiger partial charge < -0.3 is 35.6 Å². The molecule has 5 rings (SSSR count). The molecular formula is C36H49N5O10. The highest BCUT2D eigenvalue weighted by Gasteiger charge is 2.49. The molecule has 2 amide bonds. The number of carbonyl (C=O) groups is 4. The Bertz CT molecular complexity index is 1670. The fraction of sp³-hybridized carbons (Fsp3) is 0.556. The summed E-state index contributed by atoms with van der Waals surface area (Å²) in [5.41, 5.74) is 11.4. The average molecular weight is 712 g/mol. The number of hydrazine groups is 2. The maximum atomic E-state index is 14.0. The number of methoxy groups -OCH3 is 1. The Balaban J connectivity index is 1.42. The van der Waals surface area contributed by atoms with E-state index >= 15 is 0 Å². The number of hydrogen-bond donors (Lipinski definition) is 9. The Morgan fingerprint density at radius 1 is 1.00 bits per heavy atom. The van der Waals surface area contributed by atoms with Crippen molar-refractivity contribution in [2.75, 3.05) is 7.11 Å². The molecule has 11 N–H and O–H groups in total. The Kier molecular flexibility index (Phi) is 11.7. The second-order valence-electron chi connectivity index (χ2n) is 14.1. The SMILES string of the molecule is COc1cccc2c1C(=O)c1c(O)c3c(c(O)c1C2=O)C[C@@](O)(C(C)NNC(=O)CCCCCCC(=O)NN)CC3OC1CC(C)C(O)C(N)C1. The van der Waals surface area contributed by atoms with Crippen molar-refractivity contribution in [3.8, 4) is 17.2 Å². The normalized spacial score (nSPS) is 26.1. The molecule has 3 aliphatic rings. The van der Waals surface area contributed by atoms with E-state index in [2.05, 4.69) is 16.3 Å². The predicted octanol–water partition coefficient (Wildman–Crippen LogP) is 1.44. The second-order valence-corrected chi connectivity index (χ2v) is 14.1. The van der Waals surface area contributed by atoms with Gasteiger partial charge in [-0.05, 0) is 44.6 Å². The molecule has 7 atom stereocenters. The van der Waals surface area contributed by atoms with Crippen LogP contribution >= 0.6 is 0 Å². The van der Waals surface area contributed by atoms with Gasteiger partial charge in [0, 0.05) is 48.4 Å². The molecule has 0 aromatic heterocycles. The lowest BCUT2D eigenvalue weighted by Gasteiger charge is -2.45. The van der Waals surface area contributed by atoms with Crippen molar-refractivity contribution in [1.29, 1.82) is 0 Å². The van der Waals surface area contributed by atoms with Gasteiger partial charge in [0.05, 0.1) is 53.8 Å². The van der Waals surface area contributed by atoms with E-state index in [1.54, 1.807) is 13.0 Å². The van der Waals surface area contributed by atoms with Crippen LogP contribution in [0.25, 0.3) is 0 Å². The van der Waals surface area contributed by atoms with Crippen LogP contribution in [-0.2, 0) is 20.7 Å². The number of aromatic hydroxyl groups is 2. The van der Waals surface area contributed by atoms with Crippen LogP contribution in [0.5, 0.6) is 17.2 Å². The van der Waals surface area contributed by atoms with Crippen molar-refractivity contribution in [2.24, 2.45) is 17.5 Å². The number of nitrogens with one attached hydrogen (secondary N) is 3. The van der Waals surface area contributed by atoms with Crippen molar-refractivity contribution < 1.29 is 49.1 Å². The molecule has 0 heterocycles. The van der Waals surface area contributed by atoms with Crippen molar-refractivity contribution in [1.82, 2.24) is 16.3 Å². The summed E-state index contributed by atoms with van der Waals surface area (Å²) in [5, 5.41) is 46.3. The van der Waals surface area contributed by atoms with Gasteiger partial charge in [-0.1, -0.05) is 31.9 Å². The van der Waals surface area contributed by atoms with E-state index in [0.717, 1.165) is 12.8 Å². The number of carbonyl (C=O) groups excluding carboxylic acids is 4. The first-order chi connectivity index (χ1) is 24.2. The van der Waals surface area contributed by atoms with Crippen LogP contribution in [0.1, 0.15) is 121 Å². The number of aliphatic hydroxyl groups is 2. The Morgan fingerprint density at radius 3 is 2.31 bits per heavy atom. The third kappa shape index (κ3) is 7.59. The number of fused-ring (bicyclic) bond motifs is 3. The molecule has 15 nitrogen and oxygen atoms in total. The Hall–Kier alpha value is -4.12. The number of phenols is 2. The number of hydrogen-bond acceptors (Lipinski definition) is 13. The van der Waals surface area contributed by atoms with Gasteiger partial charge in [-0.25, -0.2) is 11.3 Å². The average Bonchev–Trinajstić information content (AvgIpc) is 3.10. The van der Waals surface area contributed by atoms with Crippen molar-refractivity contribution in [3.63, 3.8) is 0 Å². The summed E-state index contributed by atoms with van der Waals surface area (Å²) in [6, 6.07) is 3.09. The van der Waals surface area contributed by atoms with E-state index in [1.807, 2.05) is 6.92 Å². The largest absolute Gasteiger partial charge is 0.507 e. The number of ketones is 2. The maximum absolute atomic E-state index is 14.0. The highest BCUT2D eigenvalue weighted by atomic mass is 16.5. The van der Waals surface area contributed by atoms with Gasteiger partial charge in [-0.2, -0.15) is 0 Å². The lowest BCUT2D eigenvalue weighted by atomic mass is 9.71. The first-order valence-electron chi connectivity index (χ1n) is 17.4. The van der Waals surface area contributed by atoms with Gasteiger partial charge in [0.25, 0.3) is 0 Å². The van der Waals surface area contributed by atoms with E-state index in [-0.39, 0.29) is 82.5 Å². The topological polar surface area (TPSA) is 256 Å². The minimum Gasteiger partial charge on any atom is -0.507 e. The van der Waals surface area contributed by atoms with Crippen LogP contribution in [0, 0.1) is 5.92 Å². The number of nitrogens with two attached hydrogens (primary N) is 2. The van der Waals surface area contributed by atoms with E-state index < -0.39 is 59.1 Å². The lowest BCUT2D eigenvalue weighted by Crippen LogP contribution is -2.58. The van der Waals surface area contributed by atoms with E-state index in [4.69, 9.17) is 21.1 Å². The number of benzene rings is 2. The van der Waals surface area contributed by atoms with Gasteiger partial charge in [-0.15, -0.1) is 0 Å². The van der Waals surface area contributed by atoms with E-state index in [9.17, 15) is 39.6 Å². The van der Waals surface area contributed by atoms with Gasteiger partial charge in [0.15, 0.2) is 5.78 Å². The lowest BCUT2D eigenvalue weighted by molar-refractivity contribution is -0.126. The predicted molar refractivity (Wildman–Crippen MR) is 184 cm³/mol. The summed E-state index contributed by atoms with van der Waals surface area (Å²) >= 11 is 0. The molecule has 0 radical (unpaired) electrons. The van der Waals surface area contributed by atoms with Gasteiger partial charge in [0.2, 0.25) is 17.6 Å². The zero-order valence-electron chi connectivity index (χ0n) is 29.2. The number of ether oxygens (including phenoxy) is 2. The molecule has 278 valence electrons. The molecular weight excluding hydrogens is 662 g/mol. The van der Waals surface area contributed by atoms with Crippen molar-refractivity contribution in [2.45, 2.75) is 114 Å². The molecule has 3 aliphatic carbocycles. The number of aliphatic hydroxyl groups excluding tert-OH is 1. The summed E-state index contributed by atoms with van der Waals surface area (Å²) in [6.45, 7) is 3.49. The summed E-state index contributed by atoms with van der Waals surface area (Å²) in [5.74, 6) is 1.96. The first-order valence-corrected chi connectivity index (χ1v) is 17.4. The minimum atomic E-state index is -1.70. The van der Waals surface area contributed by atoms with Gasteiger partial charge in [-0.3, -0.25) is 30.0 Å². The monoisotopic (exact) mass is 711 g/mol. The third-order valence-electron chi connectivity index (χ3n) is 10.6. The van der Waals surface area contributed by atoms with Gasteiger partial charge >= 0.3 is 0 Å². The Morgan fingerprint density at radius 2 is 1.67 bits per heavy atom. The molecule has 6 unspecified atom stereocenters. The molecule has 2 aromatic carbocycles. The fourth-order valence-corrected chi connectivity index (χ4v) is 7.63. The number of phenolic OH excluding ortho intramolecular Hbond substituents is 2. The van der Waals surface area contributed by atoms with Crippen LogP contribution in [0.2, 0.25) is 0 Å². The van der Waals surface area contributed by atoms with Crippen LogP contribution in [-0.4, -0.2) is 80.8 Å². The van der Waals surface area contributed by atoms with Gasteiger partial charge in [0.1, 0.15) is 17.2 Å². The highest BCUT2D eigenvalue weighted by molar-refractivity contribution is 6.31. The minimum absolute atomic E-state index is 0.00270.